The van der Waals surface area contributed by atoms with Gasteiger partial charge in [-0.3, -0.25) is 4.72 Å². The van der Waals surface area contributed by atoms with Gasteiger partial charge < -0.3 is 10.1 Å². The van der Waals surface area contributed by atoms with Crippen LogP contribution in [-0.2, 0) is 10.0 Å². The number of rotatable bonds is 6. The fourth-order valence-corrected chi connectivity index (χ4v) is 3.24. The van der Waals surface area contributed by atoms with Gasteiger partial charge in [-0.2, -0.15) is 0 Å². The molecule has 0 bridgehead atoms. The van der Waals surface area contributed by atoms with Gasteiger partial charge in [0.25, 0.3) is 10.0 Å². The van der Waals surface area contributed by atoms with Crippen LogP contribution in [-0.4, -0.2) is 31.8 Å². The molecule has 0 atom stereocenters. The second-order valence-electron chi connectivity index (χ2n) is 5.00. The highest BCUT2D eigenvalue weighted by Crippen LogP contribution is 2.28. The van der Waals surface area contributed by atoms with Crippen LogP contribution in [0, 0.1) is 0 Å². The maximum Gasteiger partial charge on any atom is 0.266 e. The maximum absolute atomic E-state index is 12.5. The summed E-state index contributed by atoms with van der Waals surface area (Å²) < 4.78 is 32.3. The number of halogens is 1. The normalized spacial score (nSPS) is 11.3. The molecule has 0 amide bonds. The van der Waals surface area contributed by atoms with Gasteiger partial charge in [-0.15, -0.1) is 10.2 Å². The first-order valence-electron chi connectivity index (χ1n) is 6.78. The molecule has 2 N–H and O–H groups in total. The molecule has 0 aliphatic carbocycles. The van der Waals surface area contributed by atoms with Crippen LogP contribution >= 0.6 is 11.6 Å². The Morgan fingerprint density at radius 2 is 1.78 bits per heavy atom. The number of hydrogen-bond acceptors (Lipinski definition) is 6. The van der Waals surface area contributed by atoms with Crippen LogP contribution in [0.15, 0.2) is 35.2 Å². The zero-order valence-corrected chi connectivity index (χ0v) is 14.4. The summed E-state index contributed by atoms with van der Waals surface area (Å²) in [5, 5.41) is 11.1. The number of nitrogens with zero attached hydrogens (tertiary/aromatic N) is 2. The molecule has 0 saturated heterocycles. The van der Waals surface area contributed by atoms with Crippen molar-refractivity contribution in [3.63, 3.8) is 0 Å². The van der Waals surface area contributed by atoms with Crippen molar-refractivity contribution in [2.45, 2.75) is 24.8 Å². The third-order valence-electron chi connectivity index (χ3n) is 2.76. The fraction of sp³-hybridized carbons (Fsp3) is 0.286. The lowest BCUT2D eigenvalue weighted by Crippen LogP contribution is -2.16. The van der Waals surface area contributed by atoms with Gasteiger partial charge in [-0.1, -0.05) is 11.6 Å². The van der Waals surface area contributed by atoms with E-state index in [1.54, 1.807) is 12.1 Å². The number of hydrogen-bond donors (Lipinski definition) is 2. The molecule has 2 rings (SSSR count). The van der Waals surface area contributed by atoms with Crippen molar-refractivity contribution in [2.24, 2.45) is 0 Å². The summed E-state index contributed by atoms with van der Waals surface area (Å²) in [6, 6.07) is 7.70. The van der Waals surface area contributed by atoms with Gasteiger partial charge in [0, 0.05) is 11.1 Å². The molecule has 0 spiro atoms. The van der Waals surface area contributed by atoms with Gasteiger partial charge in [0.1, 0.15) is 16.5 Å². The minimum atomic E-state index is -3.90. The number of nitrogens with one attached hydrogen (secondary N) is 2. The van der Waals surface area contributed by atoms with E-state index >= 15 is 0 Å². The largest absolute Gasteiger partial charge is 0.495 e. The molecular formula is C14H17ClN4O3S. The van der Waals surface area contributed by atoms with Crippen molar-refractivity contribution < 1.29 is 13.2 Å². The van der Waals surface area contributed by atoms with E-state index in [-0.39, 0.29) is 27.5 Å². The summed E-state index contributed by atoms with van der Waals surface area (Å²) in [7, 11) is -2.51. The molecule has 1 aromatic heterocycles. The molecule has 1 aromatic carbocycles. The van der Waals surface area contributed by atoms with E-state index < -0.39 is 10.0 Å². The van der Waals surface area contributed by atoms with Gasteiger partial charge >= 0.3 is 0 Å². The van der Waals surface area contributed by atoms with Crippen LogP contribution in [0.2, 0.25) is 5.02 Å². The van der Waals surface area contributed by atoms with E-state index in [1.807, 2.05) is 13.8 Å². The number of sulfonamides is 1. The van der Waals surface area contributed by atoms with Crippen LogP contribution in [0.3, 0.4) is 0 Å². The summed E-state index contributed by atoms with van der Waals surface area (Å²) in [6.07, 6.45) is 0. The Morgan fingerprint density at radius 3 is 2.35 bits per heavy atom. The Kier molecular flexibility index (Phi) is 5.27. The number of anilines is 2. The lowest BCUT2D eigenvalue weighted by Gasteiger charge is -2.12. The minimum Gasteiger partial charge on any atom is -0.495 e. The molecule has 7 nitrogen and oxygen atoms in total. The Balaban J connectivity index is 2.26. The molecule has 0 aliphatic heterocycles. The second-order valence-corrected chi connectivity index (χ2v) is 7.09. The lowest BCUT2D eigenvalue weighted by atomic mass is 10.3. The summed E-state index contributed by atoms with van der Waals surface area (Å²) in [5.74, 6) is 0.845. The Hall–Kier alpha value is -2.06. The number of ether oxygens (including phenoxy) is 1. The van der Waals surface area contributed by atoms with Gasteiger partial charge in [0.15, 0.2) is 5.82 Å². The molecule has 0 unspecified atom stereocenters. The van der Waals surface area contributed by atoms with Crippen molar-refractivity contribution >= 4 is 33.3 Å². The van der Waals surface area contributed by atoms with E-state index in [1.165, 1.54) is 25.3 Å². The van der Waals surface area contributed by atoms with Gasteiger partial charge in [0.2, 0.25) is 0 Å². The molecule has 2 aromatic rings. The van der Waals surface area contributed by atoms with Crippen LogP contribution in [0.1, 0.15) is 13.8 Å². The molecule has 9 heteroatoms. The van der Waals surface area contributed by atoms with Crippen molar-refractivity contribution in [1.82, 2.24) is 10.2 Å². The highest BCUT2D eigenvalue weighted by atomic mass is 35.5. The van der Waals surface area contributed by atoms with Gasteiger partial charge in [-0.25, -0.2) is 8.42 Å². The lowest BCUT2D eigenvalue weighted by molar-refractivity contribution is 0.403. The first kappa shape index (κ1) is 17.3. The average molecular weight is 357 g/mol. The first-order valence-corrected chi connectivity index (χ1v) is 8.64. The summed E-state index contributed by atoms with van der Waals surface area (Å²) >= 11 is 5.87. The predicted octanol–water partition coefficient (Wildman–Crippen LogP) is 2.76. The zero-order valence-electron chi connectivity index (χ0n) is 12.9. The summed E-state index contributed by atoms with van der Waals surface area (Å²) in [5.41, 5.74) is 0. The molecule has 0 fully saturated rings. The van der Waals surface area contributed by atoms with E-state index in [9.17, 15) is 8.42 Å². The highest BCUT2D eigenvalue weighted by Gasteiger charge is 2.21. The quantitative estimate of drug-likeness (QED) is 0.826. The average Bonchev–Trinajstić information content (AvgIpc) is 2.48. The Morgan fingerprint density at radius 1 is 1.13 bits per heavy atom. The molecule has 23 heavy (non-hydrogen) atoms. The van der Waals surface area contributed by atoms with Gasteiger partial charge in [-0.05, 0) is 44.2 Å². The van der Waals surface area contributed by atoms with E-state index in [2.05, 4.69) is 20.2 Å². The van der Waals surface area contributed by atoms with E-state index in [4.69, 9.17) is 16.3 Å². The van der Waals surface area contributed by atoms with Gasteiger partial charge in [0.05, 0.1) is 7.11 Å². The highest BCUT2D eigenvalue weighted by molar-refractivity contribution is 7.92. The van der Waals surface area contributed by atoms with Crippen LogP contribution < -0.4 is 14.8 Å². The summed E-state index contributed by atoms with van der Waals surface area (Å²) in [4.78, 5) is -0.0707. The smallest absolute Gasteiger partial charge is 0.266 e. The monoisotopic (exact) mass is 356 g/mol. The number of aromatic nitrogens is 2. The molecule has 124 valence electrons. The topological polar surface area (TPSA) is 93.2 Å². The Bertz CT molecular complexity index is 779. The fourth-order valence-electron chi connectivity index (χ4n) is 1.81. The molecule has 1 heterocycles. The molecule has 0 radical (unpaired) electrons. The molecular weight excluding hydrogens is 340 g/mol. The van der Waals surface area contributed by atoms with Crippen LogP contribution in [0.25, 0.3) is 0 Å². The van der Waals surface area contributed by atoms with Crippen molar-refractivity contribution in [1.29, 1.82) is 0 Å². The van der Waals surface area contributed by atoms with Crippen LogP contribution in [0.5, 0.6) is 5.75 Å². The molecule has 0 saturated carbocycles. The minimum absolute atomic E-state index is 0.0707. The van der Waals surface area contributed by atoms with Crippen molar-refractivity contribution in [2.75, 3.05) is 17.1 Å². The number of methoxy groups -OCH3 is 1. The van der Waals surface area contributed by atoms with Crippen LogP contribution in [0.4, 0.5) is 11.6 Å². The zero-order chi connectivity index (χ0) is 17.0. The van der Waals surface area contributed by atoms with E-state index in [0.717, 1.165) is 0 Å². The number of benzene rings is 1. The third kappa shape index (κ3) is 4.46. The summed E-state index contributed by atoms with van der Waals surface area (Å²) in [6.45, 7) is 3.92. The molecule has 0 aliphatic rings. The second kappa shape index (κ2) is 7.01. The standard InChI is InChI=1S/C14H17ClN4O3S/c1-9(2)16-13-6-7-14(18-17-13)19-23(20,21)12-8-10(15)4-5-11(12)22-3/h4-9H,1-3H3,(H,16,17)(H,18,19). The van der Waals surface area contributed by atoms with E-state index in [0.29, 0.717) is 5.82 Å². The van der Waals surface area contributed by atoms with Crippen molar-refractivity contribution in [3.05, 3.63) is 35.4 Å². The van der Waals surface area contributed by atoms with Crippen molar-refractivity contribution in [3.8, 4) is 5.75 Å². The Labute approximate surface area is 140 Å². The first-order chi connectivity index (χ1) is 10.8. The third-order valence-corrected chi connectivity index (χ3v) is 4.37. The predicted molar refractivity (Wildman–Crippen MR) is 89.6 cm³/mol. The SMILES string of the molecule is COc1ccc(Cl)cc1S(=O)(=O)Nc1ccc(NC(C)C)nn1. The maximum atomic E-state index is 12.5.